The van der Waals surface area contributed by atoms with E-state index < -0.39 is 0 Å². The Bertz CT molecular complexity index is 398. The summed E-state index contributed by atoms with van der Waals surface area (Å²) in [5, 5.41) is 12.4. The maximum Gasteiger partial charge on any atom is 0.102 e. The summed E-state index contributed by atoms with van der Waals surface area (Å²) in [6.07, 6.45) is 3.07. The average molecular weight is 249 g/mol. The Labute approximate surface area is 108 Å². The number of thioether (sulfide) groups is 1. The van der Waals surface area contributed by atoms with E-state index in [-0.39, 0.29) is 0 Å². The van der Waals surface area contributed by atoms with E-state index in [2.05, 4.69) is 16.3 Å². The number of anilines is 1. The highest BCUT2D eigenvalue weighted by atomic mass is 32.2. The largest absolute Gasteiger partial charge is 0.373 e. The SMILES string of the molecule is CNCCCN(C)c1cccc(SC)c1C#N. The van der Waals surface area contributed by atoms with Gasteiger partial charge < -0.3 is 10.2 Å². The highest BCUT2D eigenvalue weighted by Crippen LogP contribution is 2.28. The van der Waals surface area contributed by atoms with Gasteiger partial charge in [-0.15, -0.1) is 11.8 Å². The van der Waals surface area contributed by atoms with Crippen molar-refractivity contribution in [3.05, 3.63) is 23.8 Å². The van der Waals surface area contributed by atoms with Crippen molar-refractivity contribution < 1.29 is 0 Å². The molecule has 0 heterocycles. The Morgan fingerprint density at radius 2 is 2.24 bits per heavy atom. The van der Waals surface area contributed by atoms with Gasteiger partial charge >= 0.3 is 0 Å². The molecule has 0 spiro atoms. The molecule has 17 heavy (non-hydrogen) atoms. The third kappa shape index (κ3) is 3.65. The molecule has 0 atom stereocenters. The van der Waals surface area contributed by atoms with Gasteiger partial charge in [0, 0.05) is 18.5 Å². The van der Waals surface area contributed by atoms with E-state index in [0.29, 0.717) is 0 Å². The van der Waals surface area contributed by atoms with Crippen molar-refractivity contribution in [3.8, 4) is 6.07 Å². The minimum absolute atomic E-state index is 0.784. The zero-order chi connectivity index (χ0) is 12.7. The van der Waals surface area contributed by atoms with E-state index in [4.69, 9.17) is 0 Å². The number of nitrogens with one attached hydrogen (secondary N) is 1. The number of benzene rings is 1. The van der Waals surface area contributed by atoms with Crippen LogP contribution in [-0.2, 0) is 0 Å². The molecule has 0 unspecified atom stereocenters. The van der Waals surface area contributed by atoms with Gasteiger partial charge in [-0.2, -0.15) is 5.26 Å². The van der Waals surface area contributed by atoms with Gasteiger partial charge in [0.15, 0.2) is 0 Å². The summed E-state index contributed by atoms with van der Waals surface area (Å²) in [6.45, 7) is 1.95. The summed E-state index contributed by atoms with van der Waals surface area (Å²) >= 11 is 1.62. The molecule has 1 N–H and O–H groups in total. The molecule has 3 nitrogen and oxygen atoms in total. The number of rotatable bonds is 6. The smallest absolute Gasteiger partial charge is 0.102 e. The molecular formula is C13H19N3S. The molecule has 0 saturated carbocycles. The zero-order valence-corrected chi connectivity index (χ0v) is 11.5. The first-order chi connectivity index (χ1) is 8.24. The minimum Gasteiger partial charge on any atom is -0.373 e. The number of hydrogen-bond donors (Lipinski definition) is 1. The minimum atomic E-state index is 0.784. The molecule has 0 saturated heterocycles. The Kier molecular flexibility index (Phi) is 5.88. The van der Waals surface area contributed by atoms with Gasteiger partial charge in [0.25, 0.3) is 0 Å². The van der Waals surface area contributed by atoms with Crippen LogP contribution in [0.15, 0.2) is 23.1 Å². The fourth-order valence-electron chi connectivity index (χ4n) is 1.73. The van der Waals surface area contributed by atoms with Crippen molar-refractivity contribution in [2.24, 2.45) is 0 Å². The molecule has 0 amide bonds. The lowest BCUT2D eigenvalue weighted by Crippen LogP contribution is -2.23. The predicted molar refractivity (Wildman–Crippen MR) is 74.8 cm³/mol. The van der Waals surface area contributed by atoms with Gasteiger partial charge in [-0.05, 0) is 38.4 Å². The molecule has 1 aromatic carbocycles. The van der Waals surface area contributed by atoms with Crippen LogP contribution in [0.1, 0.15) is 12.0 Å². The second-order valence-electron chi connectivity index (χ2n) is 3.84. The van der Waals surface area contributed by atoms with Crippen molar-refractivity contribution in [1.82, 2.24) is 5.32 Å². The lowest BCUT2D eigenvalue weighted by molar-refractivity contribution is 0.712. The fraction of sp³-hybridized carbons (Fsp3) is 0.462. The maximum atomic E-state index is 9.25. The molecule has 0 aliphatic carbocycles. The highest BCUT2D eigenvalue weighted by molar-refractivity contribution is 7.98. The number of nitrogens with zero attached hydrogens (tertiary/aromatic N) is 2. The molecule has 1 aromatic rings. The van der Waals surface area contributed by atoms with Crippen molar-refractivity contribution >= 4 is 17.4 Å². The van der Waals surface area contributed by atoms with Crippen LogP contribution >= 0.6 is 11.8 Å². The Morgan fingerprint density at radius 3 is 2.82 bits per heavy atom. The molecule has 0 bridgehead atoms. The molecule has 1 rings (SSSR count). The van der Waals surface area contributed by atoms with Crippen LogP contribution < -0.4 is 10.2 Å². The zero-order valence-electron chi connectivity index (χ0n) is 10.7. The monoisotopic (exact) mass is 249 g/mol. The first-order valence-electron chi connectivity index (χ1n) is 5.67. The number of hydrogen-bond acceptors (Lipinski definition) is 4. The van der Waals surface area contributed by atoms with Gasteiger partial charge in [0.2, 0.25) is 0 Å². The lowest BCUT2D eigenvalue weighted by atomic mass is 10.1. The maximum absolute atomic E-state index is 9.25. The van der Waals surface area contributed by atoms with Crippen LogP contribution in [0.5, 0.6) is 0 Å². The first kappa shape index (κ1) is 13.9. The second-order valence-corrected chi connectivity index (χ2v) is 4.69. The molecular weight excluding hydrogens is 230 g/mol. The molecule has 4 heteroatoms. The van der Waals surface area contributed by atoms with Gasteiger partial charge in [-0.1, -0.05) is 6.07 Å². The highest BCUT2D eigenvalue weighted by Gasteiger charge is 2.10. The summed E-state index contributed by atoms with van der Waals surface area (Å²) < 4.78 is 0. The molecule has 0 fully saturated rings. The number of nitriles is 1. The average Bonchev–Trinajstić information content (AvgIpc) is 2.37. The van der Waals surface area contributed by atoms with Crippen LogP contribution in [-0.4, -0.2) is 33.4 Å². The Morgan fingerprint density at radius 1 is 1.47 bits per heavy atom. The van der Waals surface area contributed by atoms with Gasteiger partial charge in [0.05, 0.1) is 11.3 Å². The van der Waals surface area contributed by atoms with Gasteiger partial charge in [-0.3, -0.25) is 0 Å². The van der Waals surface area contributed by atoms with E-state index in [1.54, 1.807) is 11.8 Å². The summed E-state index contributed by atoms with van der Waals surface area (Å²) in [4.78, 5) is 3.20. The third-order valence-electron chi connectivity index (χ3n) is 2.67. The van der Waals surface area contributed by atoms with Crippen LogP contribution in [0.2, 0.25) is 0 Å². The van der Waals surface area contributed by atoms with E-state index in [1.165, 1.54) is 0 Å². The van der Waals surface area contributed by atoms with E-state index in [0.717, 1.165) is 35.7 Å². The van der Waals surface area contributed by atoms with Crippen molar-refractivity contribution in [2.45, 2.75) is 11.3 Å². The van der Waals surface area contributed by atoms with Gasteiger partial charge in [-0.25, -0.2) is 0 Å². The van der Waals surface area contributed by atoms with Crippen molar-refractivity contribution in [2.75, 3.05) is 38.3 Å². The topological polar surface area (TPSA) is 39.1 Å². The van der Waals surface area contributed by atoms with Crippen molar-refractivity contribution in [3.63, 3.8) is 0 Å². The Balaban J connectivity index is 2.86. The second kappa shape index (κ2) is 7.21. The lowest BCUT2D eigenvalue weighted by Gasteiger charge is -2.21. The molecule has 92 valence electrons. The quantitative estimate of drug-likeness (QED) is 0.620. The molecule has 0 aromatic heterocycles. The standard InChI is InChI=1S/C13H19N3S/c1-15-8-5-9-16(2)12-6-4-7-13(17-3)11(12)10-14/h4,6-7,15H,5,8-9H2,1-3H3. The molecule has 0 aliphatic heterocycles. The third-order valence-corrected chi connectivity index (χ3v) is 3.45. The van der Waals surface area contributed by atoms with Crippen LogP contribution in [0.3, 0.4) is 0 Å². The van der Waals surface area contributed by atoms with E-state index >= 15 is 0 Å². The first-order valence-corrected chi connectivity index (χ1v) is 6.90. The summed E-state index contributed by atoms with van der Waals surface area (Å²) in [5.74, 6) is 0. The van der Waals surface area contributed by atoms with Crippen LogP contribution in [0, 0.1) is 11.3 Å². The van der Waals surface area contributed by atoms with Gasteiger partial charge in [0.1, 0.15) is 6.07 Å². The molecule has 0 aliphatic rings. The van der Waals surface area contributed by atoms with E-state index in [9.17, 15) is 5.26 Å². The molecule has 0 radical (unpaired) electrons. The normalized spacial score (nSPS) is 10.0. The summed E-state index contributed by atoms with van der Waals surface area (Å²) in [7, 11) is 3.99. The van der Waals surface area contributed by atoms with Crippen molar-refractivity contribution in [1.29, 1.82) is 5.26 Å². The summed E-state index contributed by atoms with van der Waals surface area (Å²) in [5.41, 5.74) is 1.81. The summed E-state index contributed by atoms with van der Waals surface area (Å²) in [6, 6.07) is 8.32. The van der Waals surface area contributed by atoms with E-state index in [1.807, 2.05) is 38.6 Å². The van der Waals surface area contributed by atoms with Crippen LogP contribution in [0.4, 0.5) is 5.69 Å². The predicted octanol–water partition coefficient (Wildman–Crippen LogP) is 2.33. The van der Waals surface area contributed by atoms with Crippen LogP contribution in [0.25, 0.3) is 0 Å². The fourth-order valence-corrected chi connectivity index (χ4v) is 2.30. The Hall–Kier alpha value is -1.18.